The number of nitrogens with one attached hydrogen (secondary N) is 1. The lowest BCUT2D eigenvalue weighted by Gasteiger charge is -2.45. The molecule has 0 aromatic heterocycles. The van der Waals surface area contributed by atoms with Crippen LogP contribution in [0.25, 0.3) is 0 Å². The number of carbonyl (C=O) groups is 1. The van der Waals surface area contributed by atoms with Crippen LogP contribution in [0.2, 0.25) is 0 Å². The van der Waals surface area contributed by atoms with E-state index in [2.05, 4.69) is 37.9 Å². The van der Waals surface area contributed by atoms with E-state index in [0.29, 0.717) is 29.2 Å². The summed E-state index contributed by atoms with van der Waals surface area (Å²) in [6.45, 7) is 12.3. The molecule has 1 N–H and O–H groups in total. The first-order chi connectivity index (χ1) is 9.77. The Labute approximate surface area is 130 Å². The maximum absolute atomic E-state index is 12.2. The third kappa shape index (κ3) is 5.28. The van der Waals surface area contributed by atoms with Gasteiger partial charge in [-0.05, 0) is 49.4 Å². The lowest BCUT2D eigenvalue weighted by Crippen LogP contribution is -2.45. The van der Waals surface area contributed by atoms with Gasteiger partial charge in [0.1, 0.15) is 0 Å². The van der Waals surface area contributed by atoms with E-state index in [9.17, 15) is 4.79 Å². The van der Waals surface area contributed by atoms with Gasteiger partial charge in [-0.2, -0.15) is 0 Å². The summed E-state index contributed by atoms with van der Waals surface area (Å²) in [5, 5.41) is 3.66. The predicted octanol–water partition coefficient (Wildman–Crippen LogP) is 3.58. The van der Waals surface area contributed by atoms with Gasteiger partial charge < -0.3 is 10.2 Å². The minimum Gasteiger partial charge on any atom is -0.343 e. The van der Waals surface area contributed by atoms with Gasteiger partial charge >= 0.3 is 0 Å². The quantitative estimate of drug-likeness (QED) is 0.859. The van der Waals surface area contributed by atoms with Crippen molar-refractivity contribution in [1.82, 2.24) is 10.2 Å². The first-order valence-corrected chi connectivity index (χ1v) is 8.79. The zero-order valence-corrected chi connectivity index (χ0v) is 14.5. The van der Waals surface area contributed by atoms with E-state index in [1.54, 1.807) is 0 Å². The summed E-state index contributed by atoms with van der Waals surface area (Å²) in [6.07, 6.45) is 8.08. The van der Waals surface area contributed by atoms with Gasteiger partial charge in [0.05, 0.1) is 0 Å². The molecule has 0 unspecified atom stereocenters. The summed E-state index contributed by atoms with van der Waals surface area (Å²) in [5.74, 6) is 0.344. The van der Waals surface area contributed by atoms with Crippen LogP contribution >= 0.6 is 0 Å². The second kappa shape index (κ2) is 6.68. The maximum Gasteiger partial charge on any atom is 0.223 e. The molecular weight excluding hydrogens is 260 g/mol. The smallest absolute Gasteiger partial charge is 0.223 e. The molecule has 3 heteroatoms. The fourth-order valence-corrected chi connectivity index (χ4v) is 4.68. The highest BCUT2D eigenvalue weighted by molar-refractivity contribution is 5.76. The number of rotatable bonds is 4. The van der Waals surface area contributed by atoms with E-state index in [4.69, 9.17) is 0 Å². The molecule has 0 spiro atoms. The minimum absolute atomic E-state index is 0.344. The summed E-state index contributed by atoms with van der Waals surface area (Å²) in [4.78, 5) is 14.2. The molecule has 0 atom stereocenters. The molecule has 1 heterocycles. The Morgan fingerprint density at radius 1 is 1.05 bits per heavy atom. The van der Waals surface area contributed by atoms with Crippen LogP contribution < -0.4 is 5.32 Å². The Kier molecular flexibility index (Phi) is 5.34. The van der Waals surface area contributed by atoms with Gasteiger partial charge in [-0.3, -0.25) is 4.79 Å². The van der Waals surface area contributed by atoms with Crippen molar-refractivity contribution in [3.05, 3.63) is 0 Å². The molecule has 0 bridgehead atoms. The normalized spacial score (nSPS) is 25.8. The van der Waals surface area contributed by atoms with Gasteiger partial charge in [0, 0.05) is 32.1 Å². The monoisotopic (exact) mass is 294 g/mol. The zero-order valence-electron chi connectivity index (χ0n) is 14.5. The summed E-state index contributed by atoms with van der Waals surface area (Å²) in [5.41, 5.74) is 0.826. The van der Waals surface area contributed by atoms with Crippen molar-refractivity contribution in [1.29, 1.82) is 0 Å². The van der Waals surface area contributed by atoms with Gasteiger partial charge in [0.2, 0.25) is 5.91 Å². The molecule has 1 amide bonds. The summed E-state index contributed by atoms with van der Waals surface area (Å²) >= 11 is 0. The van der Waals surface area contributed by atoms with Crippen LogP contribution in [0.5, 0.6) is 0 Å². The molecule has 0 aromatic carbocycles. The largest absolute Gasteiger partial charge is 0.343 e. The van der Waals surface area contributed by atoms with E-state index < -0.39 is 0 Å². The number of hydrogen-bond donors (Lipinski definition) is 1. The second-order valence-electron chi connectivity index (χ2n) is 8.76. The molecule has 2 fully saturated rings. The molecule has 0 aromatic rings. The maximum atomic E-state index is 12.2. The van der Waals surface area contributed by atoms with Crippen LogP contribution in [-0.4, -0.2) is 36.5 Å². The average molecular weight is 294 g/mol. The van der Waals surface area contributed by atoms with Crippen LogP contribution in [0.4, 0.5) is 0 Å². The standard InChI is InChI=1S/C18H34N2O/c1-17(2)12-15(13-18(3,4)14-17)19-9-8-16(21)20-10-6-5-7-11-20/h15,19H,5-14H2,1-4H3. The number of nitrogens with zero attached hydrogens (tertiary/aromatic N) is 1. The zero-order chi connectivity index (χ0) is 15.5. The minimum atomic E-state index is 0.344. The highest BCUT2D eigenvalue weighted by Crippen LogP contribution is 2.45. The highest BCUT2D eigenvalue weighted by Gasteiger charge is 2.38. The third-order valence-corrected chi connectivity index (χ3v) is 5.04. The highest BCUT2D eigenvalue weighted by atomic mass is 16.2. The number of hydrogen-bond acceptors (Lipinski definition) is 2. The van der Waals surface area contributed by atoms with Gasteiger partial charge in [-0.1, -0.05) is 27.7 Å². The molecule has 0 radical (unpaired) electrons. The van der Waals surface area contributed by atoms with Gasteiger partial charge in [0.25, 0.3) is 0 Å². The number of piperidine rings is 1. The Morgan fingerprint density at radius 3 is 2.19 bits per heavy atom. The Balaban J connectivity index is 1.73. The van der Waals surface area contributed by atoms with E-state index in [1.165, 1.54) is 38.5 Å². The van der Waals surface area contributed by atoms with Crippen molar-refractivity contribution >= 4 is 5.91 Å². The molecule has 2 aliphatic rings. The van der Waals surface area contributed by atoms with Gasteiger partial charge in [-0.15, -0.1) is 0 Å². The molecule has 3 nitrogen and oxygen atoms in total. The van der Waals surface area contributed by atoms with Crippen molar-refractivity contribution in [3.8, 4) is 0 Å². The van der Waals surface area contributed by atoms with E-state index in [0.717, 1.165) is 19.6 Å². The van der Waals surface area contributed by atoms with Crippen molar-refractivity contribution in [2.24, 2.45) is 10.8 Å². The molecule has 21 heavy (non-hydrogen) atoms. The predicted molar refractivity (Wildman–Crippen MR) is 88.3 cm³/mol. The van der Waals surface area contributed by atoms with Crippen molar-refractivity contribution in [2.75, 3.05) is 19.6 Å². The fourth-order valence-electron chi connectivity index (χ4n) is 4.68. The van der Waals surface area contributed by atoms with Crippen molar-refractivity contribution in [2.45, 2.75) is 78.7 Å². The molecule has 2 rings (SSSR count). The van der Waals surface area contributed by atoms with E-state index in [1.807, 2.05) is 0 Å². The lowest BCUT2D eigenvalue weighted by molar-refractivity contribution is -0.132. The van der Waals surface area contributed by atoms with Crippen molar-refractivity contribution < 1.29 is 4.79 Å². The molecule has 1 aliphatic carbocycles. The number of amides is 1. The average Bonchev–Trinajstić information content (AvgIpc) is 2.36. The lowest BCUT2D eigenvalue weighted by atomic mass is 9.63. The van der Waals surface area contributed by atoms with Gasteiger partial charge in [0.15, 0.2) is 0 Å². The number of carbonyl (C=O) groups excluding carboxylic acids is 1. The van der Waals surface area contributed by atoms with Crippen LogP contribution in [0.15, 0.2) is 0 Å². The molecule has 1 saturated carbocycles. The summed E-state index contributed by atoms with van der Waals surface area (Å²) < 4.78 is 0. The first-order valence-electron chi connectivity index (χ1n) is 8.79. The van der Waals surface area contributed by atoms with Gasteiger partial charge in [-0.25, -0.2) is 0 Å². The molecule has 1 saturated heterocycles. The fraction of sp³-hybridized carbons (Fsp3) is 0.944. The first kappa shape index (κ1) is 16.8. The Bertz CT molecular complexity index is 340. The molecule has 1 aliphatic heterocycles. The van der Waals surface area contributed by atoms with E-state index >= 15 is 0 Å². The van der Waals surface area contributed by atoms with Crippen LogP contribution in [-0.2, 0) is 4.79 Å². The summed E-state index contributed by atoms with van der Waals surface area (Å²) in [7, 11) is 0. The SMILES string of the molecule is CC1(C)CC(NCCC(=O)N2CCCCC2)CC(C)(C)C1. The van der Waals surface area contributed by atoms with Crippen molar-refractivity contribution in [3.63, 3.8) is 0 Å². The Morgan fingerprint density at radius 2 is 1.62 bits per heavy atom. The number of likely N-dealkylation sites (tertiary alicyclic amines) is 1. The molecular formula is C18H34N2O. The molecule has 122 valence electrons. The Hall–Kier alpha value is -0.570. The summed E-state index contributed by atoms with van der Waals surface area (Å²) in [6, 6.07) is 0.568. The topological polar surface area (TPSA) is 32.3 Å². The second-order valence-corrected chi connectivity index (χ2v) is 8.76. The van der Waals surface area contributed by atoms with E-state index in [-0.39, 0.29) is 0 Å². The van der Waals surface area contributed by atoms with Crippen LogP contribution in [0.3, 0.4) is 0 Å². The van der Waals surface area contributed by atoms with Crippen LogP contribution in [0, 0.1) is 10.8 Å². The third-order valence-electron chi connectivity index (χ3n) is 5.04. The van der Waals surface area contributed by atoms with Crippen LogP contribution in [0.1, 0.15) is 72.6 Å².